The Labute approximate surface area is 142 Å². The van der Waals surface area contributed by atoms with Gasteiger partial charge < -0.3 is 9.64 Å². The fraction of sp³-hybridized carbons (Fsp3) is 0.300. The number of ketones is 1. The van der Waals surface area contributed by atoms with Crippen molar-refractivity contribution in [2.24, 2.45) is 0 Å². The highest BCUT2D eigenvalue weighted by Crippen LogP contribution is 2.32. The lowest BCUT2D eigenvalue weighted by Gasteiger charge is -2.26. The van der Waals surface area contributed by atoms with Gasteiger partial charge in [0.05, 0.1) is 0 Å². The van der Waals surface area contributed by atoms with Gasteiger partial charge in [0.1, 0.15) is 5.75 Å². The normalized spacial score (nSPS) is 17.3. The molecule has 4 heteroatoms. The van der Waals surface area contributed by atoms with E-state index in [0.29, 0.717) is 11.3 Å². The van der Waals surface area contributed by atoms with E-state index in [9.17, 15) is 9.59 Å². The summed E-state index contributed by atoms with van der Waals surface area (Å²) in [6.07, 6.45) is 0.267. The van der Waals surface area contributed by atoms with Crippen molar-refractivity contribution in [3.05, 3.63) is 59.7 Å². The lowest BCUT2D eigenvalue weighted by atomic mass is 10.1. The number of Topliss-reactive ketones (excluding diaryl/α,β-unsaturated/α-hetero) is 1. The summed E-state index contributed by atoms with van der Waals surface area (Å²) in [7, 11) is 0. The largest absolute Gasteiger partial charge is 0.481 e. The molecule has 4 nitrogen and oxygen atoms in total. The number of hydrogen-bond donors (Lipinski definition) is 0. The van der Waals surface area contributed by atoms with E-state index in [0.717, 1.165) is 12.1 Å². The van der Waals surface area contributed by atoms with Crippen molar-refractivity contribution in [3.63, 3.8) is 0 Å². The van der Waals surface area contributed by atoms with E-state index in [1.165, 1.54) is 12.5 Å². The number of ether oxygens (including phenoxy) is 1. The van der Waals surface area contributed by atoms with Crippen LogP contribution in [0.5, 0.6) is 5.75 Å². The van der Waals surface area contributed by atoms with Gasteiger partial charge in [-0.3, -0.25) is 9.59 Å². The molecule has 0 saturated heterocycles. The first-order valence-corrected chi connectivity index (χ1v) is 8.16. The van der Waals surface area contributed by atoms with Crippen LogP contribution >= 0.6 is 0 Å². The van der Waals surface area contributed by atoms with Crippen LogP contribution in [0.25, 0.3) is 0 Å². The average Bonchev–Trinajstić information content (AvgIpc) is 2.90. The minimum atomic E-state index is -0.596. The zero-order chi connectivity index (χ0) is 17.3. The predicted octanol–water partition coefficient (Wildman–Crippen LogP) is 3.63. The summed E-state index contributed by atoms with van der Waals surface area (Å²) in [6.45, 7) is 5.33. The second kappa shape index (κ2) is 6.48. The highest BCUT2D eigenvalue weighted by Gasteiger charge is 2.33. The molecule has 0 aliphatic carbocycles. The van der Waals surface area contributed by atoms with Crippen LogP contribution in [0.2, 0.25) is 0 Å². The first-order valence-electron chi connectivity index (χ1n) is 8.16. The van der Waals surface area contributed by atoms with Crippen molar-refractivity contribution < 1.29 is 14.3 Å². The molecule has 0 aromatic heterocycles. The van der Waals surface area contributed by atoms with Gasteiger partial charge in [-0.25, -0.2) is 0 Å². The van der Waals surface area contributed by atoms with Gasteiger partial charge in [-0.05, 0) is 63.1 Å². The minimum Gasteiger partial charge on any atom is -0.481 e. The molecule has 0 radical (unpaired) electrons. The summed E-state index contributed by atoms with van der Waals surface area (Å²) in [4.78, 5) is 26.0. The Balaban J connectivity index is 1.74. The van der Waals surface area contributed by atoms with Gasteiger partial charge in [0.2, 0.25) is 0 Å². The molecule has 24 heavy (non-hydrogen) atoms. The standard InChI is InChI=1S/C20H21NO3/c1-13-12-17-6-4-5-7-19(17)21(13)20(23)15(3)24-18-10-8-16(9-11-18)14(2)22/h4-11,13,15H,12H2,1-3H3/t13-,15+/m1/s1. The van der Waals surface area contributed by atoms with Crippen molar-refractivity contribution >= 4 is 17.4 Å². The Bertz CT molecular complexity index is 767. The molecule has 1 aliphatic rings. The first kappa shape index (κ1) is 16.2. The second-order valence-corrected chi connectivity index (χ2v) is 6.23. The number of para-hydroxylation sites is 1. The minimum absolute atomic E-state index is 0.00757. The number of rotatable bonds is 4. The van der Waals surface area contributed by atoms with E-state index in [4.69, 9.17) is 4.74 Å². The monoisotopic (exact) mass is 323 g/mol. The molecule has 0 bridgehead atoms. The number of amides is 1. The molecular formula is C20H21NO3. The molecule has 2 aromatic rings. The van der Waals surface area contributed by atoms with Gasteiger partial charge in [0.15, 0.2) is 11.9 Å². The molecule has 0 unspecified atom stereocenters. The topological polar surface area (TPSA) is 46.6 Å². The third kappa shape index (κ3) is 3.04. The number of nitrogens with zero attached hydrogens (tertiary/aromatic N) is 1. The molecule has 2 atom stereocenters. The van der Waals surface area contributed by atoms with E-state index in [2.05, 4.69) is 6.07 Å². The van der Waals surface area contributed by atoms with Crippen LogP contribution in [0.4, 0.5) is 5.69 Å². The maximum Gasteiger partial charge on any atom is 0.268 e. The third-order valence-corrected chi connectivity index (χ3v) is 4.37. The SMILES string of the molecule is CC(=O)c1ccc(O[C@@H](C)C(=O)N2c3ccccc3C[C@H]2C)cc1. The zero-order valence-electron chi connectivity index (χ0n) is 14.2. The summed E-state index contributed by atoms with van der Waals surface area (Å²) >= 11 is 0. The van der Waals surface area contributed by atoms with Crippen LogP contribution in [-0.2, 0) is 11.2 Å². The van der Waals surface area contributed by atoms with Crippen LogP contribution in [0.3, 0.4) is 0 Å². The maximum absolute atomic E-state index is 12.8. The van der Waals surface area contributed by atoms with Crippen molar-refractivity contribution in [2.75, 3.05) is 4.90 Å². The molecule has 1 amide bonds. The van der Waals surface area contributed by atoms with E-state index in [-0.39, 0.29) is 17.7 Å². The van der Waals surface area contributed by atoms with Gasteiger partial charge in [-0.2, -0.15) is 0 Å². The van der Waals surface area contributed by atoms with Crippen LogP contribution in [0.1, 0.15) is 36.7 Å². The Morgan fingerprint density at radius 3 is 2.46 bits per heavy atom. The third-order valence-electron chi connectivity index (χ3n) is 4.37. The highest BCUT2D eigenvalue weighted by atomic mass is 16.5. The Morgan fingerprint density at radius 1 is 1.12 bits per heavy atom. The lowest BCUT2D eigenvalue weighted by molar-refractivity contribution is -0.124. The van der Waals surface area contributed by atoms with Crippen molar-refractivity contribution in [3.8, 4) is 5.75 Å². The van der Waals surface area contributed by atoms with Crippen LogP contribution in [0.15, 0.2) is 48.5 Å². The molecule has 3 rings (SSSR count). The molecule has 0 saturated carbocycles. The highest BCUT2D eigenvalue weighted by molar-refractivity contribution is 5.99. The number of carbonyl (C=O) groups excluding carboxylic acids is 2. The second-order valence-electron chi connectivity index (χ2n) is 6.23. The summed E-state index contributed by atoms with van der Waals surface area (Å²) in [5.41, 5.74) is 2.79. The summed E-state index contributed by atoms with van der Waals surface area (Å²) in [6, 6.07) is 15.0. The fourth-order valence-electron chi connectivity index (χ4n) is 3.12. The number of carbonyl (C=O) groups is 2. The van der Waals surface area contributed by atoms with Crippen LogP contribution < -0.4 is 9.64 Å². The Hall–Kier alpha value is -2.62. The van der Waals surface area contributed by atoms with Gasteiger partial charge in [0.25, 0.3) is 5.91 Å². The number of benzene rings is 2. The van der Waals surface area contributed by atoms with E-state index in [1.807, 2.05) is 30.0 Å². The number of hydrogen-bond acceptors (Lipinski definition) is 3. The first-order chi connectivity index (χ1) is 11.5. The summed E-state index contributed by atoms with van der Waals surface area (Å²) < 4.78 is 5.78. The molecule has 0 fully saturated rings. The van der Waals surface area contributed by atoms with Gasteiger partial charge in [-0.15, -0.1) is 0 Å². The molecular weight excluding hydrogens is 302 g/mol. The van der Waals surface area contributed by atoms with Gasteiger partial charge >= 0.3 is 0 Å². The Kier molecular flexibility index (Phi) is 4.38. The number of anilines is 1. The van der Waals surface area contributed by atoms with Crippen molar-refractivity contribution in [1.29, 1.82) is 0 Å². The molecule has 2 aromatic carbocycles. The zero-order valence-corrected chi connectivity index (χ0v) is 14.2. The molecule has 0 N–H and O–H groups in total. The summed E-state index contributed by atoms with van der Waals surface area (Å²) in [5.74, 6) is 0.539. The molecule has 0 spiro atoms. The molecule has 124 valence electrons. The number of fused-ring (bicyclic) bond motifs is 1. The van der Waals surface area contributed by atoms with Gasteiger partial charge in [-0.1, -0.05) is 18.2 Å². The van der Waals surface area contributed by atoms with E-state index in [1.54, 1.807) is 31.2 Å². The smallest absolute Gasteiger partial charge is 0.268 e. The van der Waals surface area contributed by atoms with Crippen LogP contribution in [0, 0.1) is 0 Å². The van der Waals surface area contributed by atoms with Crippen molar-refractivity contribution in [2.45, 2.75) is 39.3 Å². The maximum atomic E-state index is 12.8. The van der Waals surface area contributed by atoms with Crippen molar-refractivity contribution in [1.82, 2.24) is 0 Å². The fourth-order valence-corrected chi connectivity index (χ4v) is 3.12. The van der Waals surface area contributed by atoms with E-state index < -0.39 is 6.10 Å². The lowest BCUT2D eigenvalue weighted by Crippen LogP contribution is -2.43. The summed E-state index contributed by atoms with van der Waals surface area (Å²) in [5, 5.41) is 0. The average molecular weight is 323 g/mol. The van der Waals surface area contributed by atoms with Crippen LogP contribution in [-0.4, -0.2) is 23.8 Å². The van der Waals surface area contributed by atoms with E-state index >= 15 is 0 Å². The predicted molar refractivity (Wildman–Crippen MR) is 93.6 cm³/mol. The Morgan fingerprint density at radius 2 is 1.79 bits per heavy atom. The molecule has 1 heterocycles. The quantitative estimate of drug-likeness (QED) is 0.807. The van der Waals surface area contributed by atoms with Gasteiger partial charge in [0, 0.05) is 17.3 Å². The molecule has 1 aliphatic heterocycles.